The smallest absolute Gasteiger partial charge is 0.0726 e. The van der Waals surface area contributed by atoms with Crippen LogP contribution in [-0.4, -0.2) is 14.7 Å². The fraction of sp³-hybridized carbons (Fsp3) is 0.0377. The molecule has 0 bridgehead atoms. The normalized spacial score (nSPS) is 13.8. The van der Waals surface area contributed by atoms with Gasteiger partial charge in [-0.2, -0.15) is 0 Å². The summed E-state index contributed by atoms with van der Waals surface area (Å²) in [5.41, 5.74) is 11.9. The van der Waals surface area contributed by atoms with E-state index in [9.17, 15) is 0 Å². The number of aromatic nitrogens is 2. The summed E-state index contributed by atoms with van der Waals surface area (Å²) in [6.45, 7) is 0. The molecule has 9 aromatic carbocycles. The summed E-state index contributed by atoms with van der Waals surface area (Å²) >= 11 is 0. The van der Waals surface area contributed by atoms with Crippen molar-refractivity contribution in [1.29, 1.82) is 0 Å². The number of rotatable bonds is 2. The van der Waals surface area contributed by atoms with E-state index in [2.05, 4.69) is 185 Å². The molecule has 13 rings (SSSR count). The first-order valence-corrected chi connectivity index (χ1v) is 19.6. The lowest BCUT2D eigenvalue weighted by Gasteiger charge is -2.19. The molecule has 0 saturated heterocycles. The first-order chi connectivity index (χ1) is 27.8. The van der Waals surface area contributed by atoms with Gasteiger partial charge in [0, 0.05) is 43.6 Å². The van der Waals surface area contributed by atoms with Crippen molar-refractivity contribution in [3.05, 3.63) is 187 Å². The monoisotopic (exact) mass is 711 g/mol. The molecule has 3 aromatic heterocycles. The summed E-state index contributed by atoms with van der Waals surface area (Å²) in [6.07, 6.45) is 4.18. The van der Waals surface area contributed by atoms with Crippen LogP contribution in [0.25, 0.3) is 97.9 Å². The van der Waals surface area contributed by atoms with Gasteiger partial charge in [0.2, 0.25) is 0 Å². The highest BCUT2D eigenvalue weighted by molar-refractivity contribution is 6.37. The molecule has 1 aliphatic heterocycles. The van der Waals surface area contributed by atoms with Crippen LogP contribution >= 0.6 is 0 Å². The Morgan fingerprint density at radius 1 is 0.429 bits per heavy atom. The molecule has 56 heavy (non-hydrogen) atoms. The van der Waals surface area contributed by atoms with Crippen LogP contribution in [0.15, 0.2) is 181 Å². The van der Waals surface area contributed by atoms with Gasteiger partial charge in [-0.05, 0) is 87.1 Å². The second kappa shape index (κ2) is 11.2. The maximum Gasteiger partial charge on any atom is 0.0726 e. The second-order valence-corrected chi connectivity index (χ2v) is 15.4. The van der Waals surface area contributed by atoms with Crippen LogP contribution in [-0.2, 0) is 0 Å². The van der Waals surface area contributed by atoms with Crippen LogP contribution in [0.5, 0.6) is 0 Å². The number of aliphatic imine (C=N–C) groups is 1. The van der Waals surface area contributed by atoms with Gasteiger partial charge in [-0.3, -0.25) is 4.99 Å². The lowest BCUT2D eigenvalue weighted by atomic mass is 9.96. The van der Waals surface area contributed by atoms with Gasteiger partial charge in [-0.15, -0.1) is 0 Å². The number of hydrogen-bond donors (Lipinski definition) is 0. The molecule has 0 amide bonds. The molecule has 0 aliphatic carbocycles. The first-order valence-electron chi connectivity index (χ1n) is 19.6. The van der Waals surface area contributed by atoms with Gasteiger partial charge in [0.05, 0.1) is 39.0 Å². The zero-order chi connectivity index (χ0) is 36.5. The predicted octanol–water partition coefficient (Wildman–Crippen LogP) is 14.2. The molecule has 4 heterocycles. The number of benzene rings is 9. The lowest BCUT2D eigenvalue weighted by molar-refractivity contribution is 1.06. The van der Waals surface area contributed by atoms with Crippen LogP contribution in [0, 0.1) is 0 Å². The number of fused-ring (bicyclic) bond motifs is 16. The molecule has 3 nitrogen and oxygen atoms in total. The molecule has 0 radical (unpaired) electrons. The summed E-state index contributed by atoms with van der Waals surface area (Å²) < 4.78 is 5.09. The SMILES string of the molecule is C1=C(n2c3ccccc3c3cc4c5ccccc5n5c6ccc7ccccc7c6c(c32)c45)c2ccccc2N=C(c2ccc3c(ccc4ccccc43)c2)CC1. The van der Waals surface area contributed by atoms with Crippen LogP contribution in [0.2, 0.25) is 0 Å². The van der Waals surface area contributed by atoms with Crippen molar-refractivity contribution >= 4 is 109 Å². The molecule has 0 unspecified atom stereocenters. The minimum Gasteiger partial charge on any atom is -0.308 e. The van der Waals surface area contributed by atoms with Crippen LogP contribution in [0.1, 0.15) is 24.0 Å². The van der Waals surface area contributed by atoms with Crippen molar-refractivity contribution in [2.24, 2.45) is 4.99 Å². The minimum atomic E-state index is 0.840. The Kier molecular flexibility index (Phi) is 6.00. The second-order valence-electron chi connectivity index (χ2n) is 15.4. The van der Waals surface area contributed by atoms with Crippen LogP contribution in [0.3, 0.4) is 0 Å². The molecule has 0 saturated carbocycles. The van der Waals surface area contributed by atoms with Crippen molar-refractivity contribution in [1.82, 2.24) is 8.97 Å². The summed E-state index contributed by atoms with van der Waals surface area (Å²) in [5.74, 6) is 0. The van der Waals surface area contributed by atoms with E-state index in [1.165, 1.54) is 103 Å². The Labute approximate surface area is 322 Å². The summed E-state index contributed by atoms with van der Waals surface area (Å²) in [4.78, 5) is 5.53. The Bertz CT molecular complexity index is 3700. The molecule has 0 N–H and O–H groups in total. The van der Waals surface area contributed by atoms with Gasteiger partial charge in [0.25, 0.3) is 0 Å². The fourth-order valence-electron chi connectivity index (χ4n) is 10.1. The Hall–Kier alpha value is -7.23. The van der Waals surface area contributed by atoms with E-state index in [-0.39, 0.29) is 0 Å². The third-order valence-electron chi connectivity index (χ3n) is 12.5. The van der Waals surface area contributed by atoms with E-state index in [1.807, 2.05) is 0 Å². The Morgan fingerprint density at radius 3 is 1.95 bits per heavy atom. The number of allylic oxidation sites excluding steroid dienone is 1. The number of nitrogens with zero attached hydrogens (tertiary/aromatic N) is 3. The Morgan fingerprint density at radius 2 is 1.07 bits per heavy atom. The van der Waals surface area contributed by atoms with Crippen LogP contribution in [0.4, 0.5) is 5.69 Å². The van der Waals surface area contributed by atoms with E-state index in [4.69, 9.17) is 4.99 Å². The third kappa shape index (κ3) is 3.99. The standard InChI is InChI=1S/C53H33N3/c1-3-14-36-32(12-1)24-25-34-30-35(26-28-37(34)36)44-20-11-23-48(41-18-5-8-19-45(41)54-44)55-46-21-9-6-16-39(46)42-31-43-40-17-7-10-22-47(40)56-49-29-27-33-13-2-4-15-38(33)50(49)51(52(42)55)53(43)56/h1-10,12-19,21-31H,11,20H2. The van der Waals surface area contributed by atoms with Gasteiger partial charge >= 0.3 is 0 Å². The van der Waals surface area contributed by atoms with Crippen molar-refractivity contribution in [3.63, 3.8) is 0 Å². The zero-order valence-corrected chi connectivity index (χ0v) is 30.5. The maximum absolute atomic E-state index is 5.53. The molecule has 1 aliphatic rings. The largest absolute Gasteiger partial charge is 0.308 e. The highest BCUT2D eigenvalue weighted by Crippen LogP contribution is 2.49. The molecule has 3 heteroatoms. The lowest BCUT2D eigenvalue weighted by Crippen LogP contribution is -2.06. The topological polar surface area (TPSA) is 21.7 Å². The fourth-order valence-corrected chi connectivity index (χ4v) is 10.1. The maximum atomic E-state index is 5.53. The minimum absolute atomic E-state index is 0.840. The quantitative estimate of drug-likeness (QED) is 0.159. The molecule has 260 valence electrons. The highest BCUT2D eigenvalue weighted by Gasteiger charge is 2.27. The van der Waals surface area contributed by atoms with Gasteiger partial charge in [-0.1, -0.05) is 140 Å². The van der Waals surface area contributed by atoms with Crippen LogP contribution < -0.4 is 0 Å². The predicted molar refractivity (Wildman–Crippen MR) is 238 cm³/mol. The van der Waals surface area contributed by atoms with Gasteiger partial charge in [-0.25, -0.2) is 0 Å². The molecular weight excluding hydrogens is 679 g/mol. The Balaban J connectivity index is 1.11. The van der Waals surface area contributed by atoms with Crippen molar-refractivity contribution in [2.45, 2.75) is 12.8 Å². The third-order valence-corrected chi connectivity index (χ3v) is 12.5. The summed E-state index contributed by atoms with van der Waals surface area (Å²) in [5, 5.41) is 15.4. The van der Waals surface area contributed by atoms with E-state index in [0.29, 0.717) is 0 Å². The van der Waals surface area contributed by atoms with Crippen molar-refractivity contribution in [2.75, 3.05) is 0 Å². The van der Waals surface area contributed by atoms with E-state index < -0.39 is 0 Å². The van der Waals surface area contributed by atoms with Gasteiger partial charge in [0.1, 0.15) is 0 Å². The molecule has 0 fully saturated rings. The van der Waals surface area contributed by atoms with E-state index in [1.54, 1.807) is 0 Å². The van der Waals surface area contributed by atoms with Crippen molar-refractivity contribution in [3.8, 4) is 0 Å². The molecule has 0 atom stereocenters. The number of para-hydroxylation sites is 3. The molecule has 12 aromatic rings. The van der Waals surface area contributed by atoms with Gasteiger partial charge in [0.15, 0.2) is 0 Å². The van der Waals surface area contributed by atoms with E-state index >= 15 is 0 Å². The average Bonchev–Trinajstić information content (AvgIpc) is 3.89. The first kappa shape index (κ1) is 30.1. The average molecular weight is 712 g/mol. The van der Waals surface area contributed by atoms with Gasteiger partial charge < -0.3 is 8.97 Å². The van der Waals surface area contributed by atoms with Crippen molar-refractivity contribution < 1.29 is 0 Å². The van der Waals surface area contributed by atoms with E-state index in [0.717, 1.165) is 29.8 Å². The zero-order valence-electron chi connectivity index (χ0n) is 30.5. The highest BCUT2D eigenvalue weighted by atomic mass is 15.0. The molecular formula is C53H33N3. The summed E-state index contributed by atoms with van der Waals surface area (Å²) in [6, 6.07) is 62.6. The summed E-state index contributed by atoms with van der Waals surface area (Å²) in [7, 11) is 0. The molecule has 0 spiro atoms. The number of hydrogen-bond acceptors (Lipinski definition) is 1.